The standard InChI is InChI=1S/C12H13N3O2S/c1-7(13)11-14-15-12(18-11)8-2-3-9-10(6-8)17-5-4-16-9/h2-3,6-7H,4-5,13H2,1H3. The summed E-state index contributed by atoms with van der Waals surface area (Å²) >= 11 is 1.50. The third-order valence-corrected chi connectivity index (χ3v) is 3.79. The highest BCUT2D eigenvalue weighted by Crippen LogP contribution is 2.35. The van der Waals surface area contributed by atoms with Gasteiger partial charge in [-0.2, -0.15) is 0 Å². The van der Waals surface area contributed by atoms with E-state index in [4.69, 9.17) is 15.2 Å². The number of aromatic nitrogens is 2. The molecule has 2 aromatic rings. The molecule has 6 heteroatoms. The second kappa shape index (κ2) is 4.55. The summed E-state index contributed by atoms with van der Waals surface area (Å²) in [6.45, 7) is 3.08. The van der Waals surface area contributed by atoms with Crippen molar-refractivity contribution in [3.8, 4) is 22.1 Å². The molecule has 18 heavy (non-hydrogen) atoms. The van der Waals surface area contributed by atoms with E-state index in [0.29, 0.717) is 13.2 Å². The van der Waals surface area contributed by atoms with Gasteiger partial charge in [0.2, 0.25) is 0 Å². The van der Waals surface area contributed by atoms with Crippen LogP contribution in [0.4, 0.5) is 0 Å². The zero-order valence-corrected chi connectivity index (χ0v) is 10.7. The van der Waals surface area contributed by atoms with Crippen LogP contribution in [0.15, 0.2) is 18.2 Å². The molecule has 1 atom stereocenters. The van der Waals surface area contributed by atoms with Crippen LogP contribution in [0.25, 0.3) is 10.6 Å². The maximum atomic E-state index is 5.78. The Kier molecular flexibility index (Phi) is 2.89. The normalized spacial score (nSPS) is 15.4. The van der Waals surface area contributed by atoms with E-state index < -0.39 is 0 Å². The number of nitrogens with two attached hydrogens (primary N) is 1. The Balaban J connectivity index is 1.95. The van der Waals surface area contributed by atoms with Gasteiger partial charge in [0.15, 0.2) is 11.5 Å². The van der Waals surface area contributed by atoms with E-state index in [9.17, 15) is 0 Å². The van der Waals surface area contributed by atoms with Gasteiger partial charge in [-0.3, -0.25) is 0 Å². The molecule has 0 aliphatic carbocycles. The van der Waals surface area contributed by atoms with Crippen molar-refractivity contribution in [3.63, 3.8) is 0 Å². The minimum absolute atomic E-state index is 0.0894. The van der Waals surface area contributed by atoms with Crippen LogP contribution in [0.2, 0.25) is 0 Å². The molecule has 0 bridgehead atoms. The molecule has 0 saturated carbocycles. The van der Waals surface area contributed by atoms with Gasteiger partial charge >= 0.3 is 0 Å². The van der Waals surface area contributed by atoms with E-state index >= 15 is 0 Å². The molecule has 1 unspecified atom stereocenters. The highest BCUT2D eigenvalue weighted by molar-refractivity contribution is 7.14. The molecule has 94 valence electrons. The minimum Gasteiger partial charge on any atom is -0.486 e. The summed E-state index contributed by atoms with van der Waals surface area (Å²) in [7, 11) is 0. The Morgan fingerprint density at radius 2 is 2.00 bits per heavy atom. The molecule has 2 N–H and O–H groups in total. The van der Waals surface area contributed by atoms with Crippen molar-refractivity contribution < 1.29 is 9.47 Å². The van der Waals surface area contributed by atoms with E-state index in [0.717, 1.165) is 27.1 Å². The largest absolute Gasteiger partial charge is 0.486 e. The lowest BCUT2D eigenvalue weighted by Gasteiger charge is -2.18. The average molecular weight is 263 g/mol. The van der Waals surface area contributed by atoms with Crippen LogP contribution in [-0.2, 0) is 0 Å². The molecule has 0 saturated heterocycles. The predicted molar refractivity (Wildman–Crippen MR) is 68.9 cm³/mol. The number of hydrogen-bond donors (Lipinski definition) is 1. The lowest BCUT2D eigenvalue weighted by molar-refractivity contribution is 0.171. The third-order valence-electron chi connectivity index (χ3n) is 2.62. The number of nitrogens with zero attached hydrogens (tertiary/aromatic N) is 2. The number of fused-ring (bicyclic) bond motifs is 1. The summed E-state index contributed by atoms with van der Waals surface area (Å²) in [6.07, 6.45) is 0. The lowest BCUT2D eigenvalue weighted by atomic mass is 10.2. The van der Waals surface area contributed by atoms with Crippen LogP contribution in [0, 0.1) is 0 Å². The molecule has 0 amide bonds. The minimum atomic E-state index is -0.0894. The Hall–Kier alpha value is -1.66. The molecular formula is C12H13N3O2S. The van der Waals surface area contributed by atoms with E-state index in [1.165, 1.54) is 11.3 Å². The van der Waals surface area contributed by atoms with Gasteiger partial charge in [-0.05, 0) is 25.1 Å². The zero-order valence-electron chi connectivity index (χ0n) is 9.92. The first kappa shape index (κ1) is 11.4. The topological polar surface area (TPSA) is 70.3 Å². The summed E-state index contributed by atoms with van der Waals surface area (Å²) in [5.74, 6) is 1.54. The van der Waals surface area contributed by atoms with Crippen LogP contribution in [-0.4, -0.2) is 23.4 Å². The first-order chi connectivity index (χ1) is 8.74. The highest BCUT2D eigenvalue weighted by Gasteiger charge is 2.15. The molecule has 0 radical (unpaired) electrons. The van der Waals surface area contributed by atoms with Crippen LogP contribution in [0.5, 0.6) is 11.5 Å². The van der Waals surface area contributed by atoms with E-state index in [-0.39, 0.29) is 6.04 Å². The second-order valence-corrected chi connectivity index (χ2v) is 5.10. The molecule has 3 rings (SSSR count). The van der Waals surface area contributed by atoms with Crippen LogP contribution in [0.3, 0.4) is 0 Å². The SMILES string of the molecule is CC(N)c1nnc(-c2ccc3c(c2)OCCO3)s1. The first-order valence-corrected chi connectivity index (χ1v) is 6.54. The van der Waals surface area contributed by atoms with Gasteiger partial charge in [0.1, 0.15) is 23.2 Å². The molecule has 2 heterocycles. The van der Waals surface area contributed by atoms with Crippen molar-refractivity contribution in [3.05, 3.63) is 23.2 Å². The summed E-state index contributed by atoms with van der Waals surface area (Å²) in [4.78, 5) is 0. The van der Waals surface area contributed by atoms with Crippen molar-refractivity contribution in [1.82, 2.24) is 10.2 Å². The molecule has 1 aromatic heterocycles. The predicted octanol–water partition coefficient (Wildman–Crippen LogP) is 2.00. The maximum Gasteiger partial charge on any atom is 0.162 e. The smallest absolute Gasteiger partial charge is 0.162 e. The monoisotopic (exact) mass is 263 g/mol. The molecule has 0 fully saturated rings. The number of hydrogen-bond acceptors (Lipinski definition) is 6. The van der Waals surface area contributed by atoms with Crippen molar-refractivity contribution >= 4 is 11.3 Å². The molecule has 5 nitrogen and oxygen atoms in total. The van der Waals surface area contributed by atoms with Crippen LogP contribution >= 0.6 is 11.3 Å². The van der Waals surface area contributed by atoms with Gasteiger partial charge in [0, 0.05) is 5.56 Å². The second-order valence-electron chi connectivity index (χ2n) is 4.09. The molecule has 0 spiro atoms. The molecular weight excluding hydrogens is 250 g/mol. The zero-order chi connectivity index (χ0) is 12.5. The highest BCUT2D eigenvalue weighted by atomic mass is 32.1. The number of rotatable bonds is 2. The summed E-state index contributed by atoms with van der Waals surface area (Å²) in [5, 5.41) is 9.90. The first-order valence-electron chi connectivity index (χ1n) is 5.73. The van der Waals surface area contributed by atoms with Gasteiger partial charge in [-0.25, -0.2) is 0 Å². The molecule has 1 aromatic carbocycles. The van der Waals surface area contributed by atoms with Gasteiger partial charge in [0.05, 0.1) is 6.04 Å². The fraction of sp³-hybridized carbons (Fsp3) is 0.333. The Morgan fingerprint density at radius 3 is 2.72 bits per heavy atom. The average Bonchev–Trinajstić information content (AvgIpc) is 2.88. The third kappa shape index (κ3) is 2.04. The fourth-order valence-electron chi connectivity index (χ4n) is 1.71. The van der Waals surface area contributed by atoms with E-state index in [1.54, 1.807) is 0 Å². The van der Waals surface area contributed by atoms with Crippen molar-refractivity contribution in [2.75, 3.05) is 13.2 Å². The number of benzene rings is 1. The summed E-state index contributed by atoms with van der Waals surface area (Å²) in [6, 6.07) is 5.70. The van der Waals surface area contributed by atoms with E-state index in [2.05, 4.69) is 10.2 Å². The van der Waals surface area contributed by atoms with Crippen molar-refractivity contribution in [2.45, 2.75) is 13.0 Å². The Bertz CT molecular complexity index is 568. The quantitative estimate of drug-likeness (QED) is 0.897. The van der Waals surface area contributed by atoms with Crippen molar-refractivity contribution in [2.24, 2.45) is 5.73 Å². The lowest BCUT2D eigenvalue weighted by Crippen LogP contribution is -2.15. The van der Waals surface area contributed by atoms with Crippen molar-refractivity contribution in [1.29, 1.82) is 0 Å². The van der Waals surface area contributed by atoms with Gasteiger partial charge < -0.3 is 15.2 Å². The fourth-order valence-corrected chi connectivity index (χ4v) is 2.50. The summed E-state index contributed by atoms with van der Waals surface area (Å²) in [5.41, 5.74) is 6.75. The van der Waals surface area contributed by atoms with E-state index in [1.807, 2.05) is 25.1 Å². The summed E-state index contributed by atoms with van der Waals surface area (Å²) < 4.78 is 11.0. The molecule has 1 aliphatic rings. The van der Waals surface area contributed by atoms with Gasteiger partial charge in [0.25, 0.3) is 0 Å². The maximum absolute atomic E-state index is 5.78. The van der Waals surface area contributed by atoms with Crippen LogP contribution < -0.4 is 15.2 Å². The Labute approximate surface area is 109 Å². The van der Waals surface area contributed by atoms with Gasteiger partial charge in [-0.1, -0.05) is 11.3 Å². The Morgan fingerprint density at radius 1 is 1.22 bits per heavy atom. The molecule has 1 aliphatic heterocycles. The number of ether oxygens (including phenoxy) is 2. The van der Waals surface area contributed by atoms with Crippen LogP contribution in [0.1, 0.15) is 18.0 Å². The van der Waals surface area contributed by atoms with Gasteiger partial charge in [-0.15, -0.1) is 10.2 Å².